The Morgan fingerprint density at radius 3 is 2.43 bits per heavy atom. The molecule has 10 heteroatoms. The molecule has 0 aliphatic heterocycles. The second kappa shape index (κ2) is 13.3. The molecule has 2 aromatic carbocycles. The number of halogens is 1. The molecule has 0 saturated heterocycles. The zero-order valence-electron chi connectivity index (χ0n) is 20.7. The van der Waals surface area contributed by atoms with Gasteiger partial charge in [-0.05, 0) is 61.7 Å². The Balaban J connectivity index is 2.16. The molecule has 0 aromatic heterocycles. The summed E-state index contributed by atoms with van der Waals surface area (Å²) in [5.41, 5.74) is 1.30. The normalized spacial score (nSPS) is 12.0. The first-order chi connectivity index (χ1) is 16.6. The van der Waals surface area contributed by atoms with Gasteiger partial charge in [-0.3, -0.25) is 13.9 Å². The molecule has 2 amide bonds. The highest BCUT2D eigenvalue weighted by molar-refractivity contribution is 7.92. The van der Waals surface area contributed by atoms with Crippen LogP contribution in [-0.2, 0) is 26.2 Å². The lowest BCUT2D eigenvalue weighted by molar-refractivity contribution is -0.140. The number of anilines is 1. The molecule has 2 rings (SSSR count). The third-order valence-electron chi connectivity index (χ3n) is 5.47. The fraction of sp³-hybridized carbons (Fsp3) is 0.440. The van der Waals surface area contributed by atoms with Gasteiger partial charge in [-0.25, -0.2) is 8.42 Å². The van der Waals surface area contributed by atoms with Crippen LogP contribution in [0.4, 0.5) is 5.69 Å². The molecule has 2 aromatic rings. The van der Waals surface area contributed by atoms with Gasteiger partial charge in [0.05, 0.1) is 19.1 Å². The van der Waals surface area contributed by atoms with E-state index in [0.717, 1.165) is 18.2 Å². The number of hydrogen-bond acceptors (Lipinski definition) is 5. The van der Waals surface area contributed by atoms with Crippen LogP contribution < -0.4 is 14.4 Å². The Labute approximate surface area is 213 Å². The maximum absolute atomic E-state index is 13.3. The summed E-state index contributed by atoms with van der Waals surface area (Å²) in [6.45, 7) is 4.52. The van der Waals surface area contributed by atoms with Crippen LogP contribution in [-0.4, -0.2) is 57.6 Å². The SMILES string of the molecule is CCCNC(=O)C(C)N(Cc1cccc(OC)c1)C(=O)CCCN(c1ccc(Cl)cc1)S(C)(=O)=O. The van der Waals surface area contributed by atoms with Crippen LogP contribution in [0.3, 0.4) is 0 Å². The topological polar surface area (TPSA) is 96.0 Å². The van der Waals surface area contributed by atoms with E-state index in [1.807, 2.05) is 31.2 Å². The molecule has 8 nitrogen and oxygen atoms in total. The van der Waals surface area contributed by atoms with E-state index in [-0.39, 0.29) is 37.7 Å². The summed E-state index contributed by atoms with van der Waals surface area (Å²) in [6, 6.07) is 13.1. The number of nitrogens with zero attached hydrogens (tertiary/aromatic N) is 2. The maximum Gasteiger partial charge on any atom is 0.242 e. The van der Waals surface area contributed by atoms with E-state index in [4.69, 9.17) is 16.3 Å². The first kappa shape index (κ1) is 28.5. The summed E-state index contributed by atoms with van der Waals surface area (Å²) in [6.07, 6.45) is 2.27. The van der Waals surface area contributed by atoms with Crippen LogP contribution in [0.15, 0.2) is 48.5 Å². The Kier molecular flexibility index (Phi) is 10.9. The number of methoxy groups -OCH3 is 1. The zero-order chi connectivity index (χ0) is 26.0. The van der Waals surface area contributed by atoms with Crippen LogP contribution in [0, 0.1) is 0 Å². The molecule has 0 fully saturated rings. The molecule has 0 heterocycles. The zero-order valence-corrected chi connectivity index (χ0v) is 22.2. The van der Waals surface area contributed by atoms with Crippen LogP contribution >= 0.6 is 11.6 Å². The molecule has 0 aliphatic rings. The van der Waals surface area contributed by atoms with E-state index in [0.29, 0.717) is 23.0 Å². The number of carbonyl (C=O) groups is 2. The molecule has 0 radical (unpaired) electrons. The number of rotatable bonds is 13. The number of ether oxygens (including phenoxy) is 1. The van der Waals surface area contributed by atoms with Gasteiger partial charge in [0.2, 0.25) is 21.8 Å². The van der Waals surface area contributed by atoms with Gasteiger partial charge in [0.15, 0.2) is 0 Å². The molecular formula is C25H34ClN3O5S. The van der Waals surface area contributed by atoms with E-state index in [1.165, 1.54) is 9.21 Å². The van der Waals surface area contributed by atoms with E-state index in [2.05, 4.69) is 5.32 Å². The lowest BCUT2D eigenvalue weighted by Gasteiger charge is -2.29. The predicted molar refractivity (Wildman–Crippen MR) is 139 cm³/mol. The van der Waals surface area contributed by atoms with E-state index in [1.54, 1.807) is 38.3 Å². The molecule has 192 valence electrons. The van der Waals surface area contributed by atoms with Crippen LogP contribution in [0.2, 0.25) is 5.02 Å². The lowest BCUT2D eigenvalue weighted by atomic mass is 10.1. The minimum Gasteiger partial charge on any atom is -0.497 e. The van der Waals surface area contributed by atoms with Crippen LogP contribution in [0.1, 0.15) is 38.7 Å². The first-order valence-corrected chi connectivity index (χ1v) is 13.7. The highest BCUT2D eigenvalue weighted by Crippen LogP contribution is 2.22. The quantitative estimate of drug-likeness (QED) is 0.430. The largest absolute Gasteiger partial charge is 0.497 e. The maximum atomic E-state index is 13.3. The Bertz CT molecular complexity index is 1090. The predicted octanol–water partition coefficient (Wildman–Crippen LogP) is 3.84. The van der Waals surface area contributed by atoms with Gasteiger partial charge in [0.25, 0.3) is 0 Å². The van der Waals surface area contributed by atoms with Gasteiger partial charge in [-0.15, -0.1) is 0 Å². The van der Waals surface area contributed by atoms with Crippen LogP contribution in [0.25, 0.3) is 0 Å². The van der Waals surface area contributed by atoms with Gasteiger partial charge in [-0.1, -0.05) is 30.7 Å². The Hall–Kier alpha value is -2.78. The monoisotopic (exact) mass is 523 g/mol. The van der Waals surface area contributed by atoms with Gasteiger partial charge >= 0.3 is 0 Å². The van der Waals surface area contributed by atoms with Crippen molar-refractivity contribution in [3.05, 3.63) is 59.1 Å². The van der Waals surface area contributed by atoms with Crippen molar-refractivity contribution < 1.29 is 22.7 Å². The van der Waals surface area contributed by atoms with Crippen molar-refractivity contribution >= 4 is 39.1 Å². The van der Waals surface area contributed by atoms with E-state index >= 15 is 0 Å². The molecule has 1 N–H and O–H groups in total. The average molecular weight is 524 g/mol. The Morgan fingerprint density at radius 2 is 1.83 bits per heavy atom. The molecule has 1 atom stereocenters. The van der Waals surface area contributed by atoms with E-state index in [9.17, 15) is 18.0 Å². The molecule has 0 bridgehead atoms. The summed E-state index contributed by atoms with van der Waals surface area (Å²) >= 11 is 5.93. The standard InChI is InChI=1S/C25H34ClN3O5S/c1-5-15-27-25(31)19(2)28(18-20-8-6-9-23(17-20)34-3)24(30)10-7-16-29(35(4,32)33)22-13-11-21(26)12-14-22/h6,8-9,11-14,17,19H,5,7,10,15-16,18H2,1-4H3,(H,27,31). The minimum atomic E-state index is -3.56. The number of nitrogens with one attached hydrogen (secondary N) is 1. The number of benzene rings is 2. The fourth-order valence-electron chi connectivity index (χ4n) is 3.56. The lowest BCUT2D eigenvalue weighted by Crippen LogP contribution is -2.47. The van der Waals surface area contributed by atoms with Gasteiger partial charge in [0.1, 0.15) is 11.8 Å². The average Bonchev–Trinajstić information content (AvgIpc) is 2.83. The summed E-state index contributed by atoms with van der Waals surface area (Å²) < 4.78 is 31.2. The Morgan fingerprint density at radius 1 is 1.14 bits per heavy atom. The van der Waals surface area contributed by atoms with Crippen molar-refractivity contribution in [2.45, 2.75) is 45.7 Å². The van der Waals surface area contributed by atoms with Gasteiger partial charge in [-0.2, -0.15) is 0 Å². The van der Waals surface area contributed by atoms with Crippen molar-refractivity contribution in [3.8, 4) is 5.75 Å². The molecule has 0 aliphatic carbocycles. The van der Waals surface area contributed by atoms with Crippen LogP contribution in [0.5, 0.6) is 5.75 Å². The van der Waals surface area contributed by atoms with E-state index < -0.39 is 16.1 Å². The van der Waals surface area contributed by atoms with Gasteiger partial charge in [0, 0.05) is 31.1 Å². The molecule has 0 spiro atoms. The summed E-state index contributed by atoms with van der Waals surface area (Å²) in [5.74, 6) is 0.184. The third kappa shape index (κ3) is 8.74. The first-order valence-electron chi connectivity index (χ1n) is 11.5. The van der Waals surface area contributed by atoms with Crippen molar-refractivity contribution in [1.82, 2.24) is 10.2 Å². The number of sulfonamides is 1. The summed E-state index contributed by atoms with van der Waals surface area (Å²) in [4.78, 5) is 27.4. The van der Waals surface area contributed by atoms with Crippen molar-refractivity contribution in [2.75, 3.05) is 30.8 Å². The second-order valence-corrected chi connectivity index (χ2v) is 10.6. The second-order valence-electron chi connectivity index (χ2n) is 8.26. The molecule has 0 saturated carbocycles. The van der Waals surface area contributed by atoms with Crippen molar-refractivity contribution in [2.24, 2.45) is 0 Å². The van der Waals surface area contributed by atoms with Gasteiger partial charge < -0.3 is 15.0 Å². The highest BCUT2D eigenvalue weighted by Gasteiger charge is 2.26. The molecular weight excluding hydrogens is 490 g/mol. The number of amides is 2. The van der Waals surface area contributed by atoms with Crippen molar-refractivity contribution in [3.63, 3.8) is 0 Å². The smallest absolute Gasteiger partial charge is 0.242 e. The van der Waals surface area contributed by atoms with Crippen molar-refractivity contribution in [1.29, 1.82) is 0 Å². The number of hydrogen-bond donors (Lipinski definition) is 1. The minimum absolute atomic E-state index is 0.0783. The molecule has 1 unspecified atom stereocenters. The summed E-state index contributed by atoms with van der Waals surface area (Å²) in [7, 11) is -1.99. The summed E-state index contributed by atoms with van der Waals surface area (Å²) in [5, 5.41) is 3.34. The highest BCUT2D eigenvalue weighted by atomic mass is 35.5. The fourth-order valence-corrected chi connectivity index (χ4v) is 4.65. The number of carbonyl (C=O) groups excluding carboxylic acids is 2. The third-order valence-corrected chi connectivity index (χ3v) is 6.92. The molecule has 35 heavy (non-hydrogen) atoms.